The Morgan fingerprint density at radius 3 is 2.38 bits per heavy atom. The fraction of sp³-hybridized carbons (Fsp3) is 0.231. The van der Waals surface area contributed by atoms with Gasteiger partial charge in [0.25, 0.3) is 11.6 Å². The Morgan fingerprint density at radius 2 is 1.76 bits per heavy atom. The van der Waals surface area contributed by atoms with Gasteiger partial charge in [0, 0.05) is 24.3 Å². The Kier molecular flexibility index (Phi) is 5.50. The number of rotatable bonds is 2. The molecule has 104 valence electrons. The molecule has 0 radical (unpaired) electrons. The predicted octanol–water partition coefficient (Wildman–Crippen LogP) is 3.30. The van der Waals surface area contributed by atoms with Crippen LogP contribution in [0.3, 0.4) is 0 Å². The molecule has 2 heterocycles. The SMILES string of the molecule is CC(C)c1ccnc(C#[N+][N+]#Cc2ncc(SS)cn2)n1. The molecule has 0 fully saturated rings. The average molecular weight is 316 g/mol. The van der Waals surface area contributed by atoms with Gasteiger partial charge in [-0.25, -0.2) is 19.9 Å². The van der Waals surface area contributed by atoms with E-state index in [0.29, 0.717) is 17.6 Å². The molecule has 0 aliphatic carbocycles. The summed E-state index contributed by atoms with van der Waals surface area (Å²) in [6.07, 6.45) is 4.93. The molecule has 0 atom stereocenters. The summed E-state index contributed by atoms with van der Waals surface area (Å²) < 4.78 is 0. The van der Waals surface area contributed by atoms with Gasteiger partial charge in [-0.2, -0.15) is 0 Å². The van der Waals surface area contributed by atoms with Crippen LogP contribution in [-0.4, -0.2) is 19.9 Å². The van der Waals surface area contributed by atoms with E-state index in [1.54, 1.807) is 18.6 Å². The van der Waals surface area contributed by atoms with Crippen LogP contribution in [0, 0.1) is 12.1 Å². The summed E-state index contributed by atoms with van der Waals surface area (Å²) >= 11 is 4.04. The van der Waals surface area contributed by atoms with Crippen molar-refractivity contribution in [3.63, 3.8) is 0 Å². The zero-order chi connectivity index (χ0) is 15.1. The van der Waals surface area contributed by atoms with E-state index in [4.69, 9.17) is 0 Å². The zero-order valence-corrected chi connectivity index (χ0v) is 13.1. The third kappa shape index (κ3) is 4.71. The van der Waals surface area contributed by atoms with Crippen molar-refractivity contribution < 1.29 is 0 Å². The Hall–Kier alpha value is -2.16. The lowest BCUT2D eigenvalue weighted by Gasteiger charge is -2.00. The summed E-state index contributed by atoms with van der Waals surface area (Å²) in [6.45, 7) is 4.11. The third-order valence-corrected chi connectivity index (χ3v) is 3.41. The first kappa shape index (κ1) is 15.2. The zero-order valence-electron chi connectivity index (χ0n) is 11.4. The summed E-state index contributed by atoms with van der Waals surface area (Å²) in [5, 5.41) is 0. The van der Waals surface area contributed by atoms with Crippen molar-refractivity contribution in [1.29, 1.82) is 0 Å². The van der Waals surface area contributed by atoms with Crippen LogP contribution in [0.4, 0.5) is 0 Å². The van der Waals surface area contributed by atoms with Gasteiger partial charge < -0.3 is 0 Å². The number of thiol groups is 1. The summed E-state index contributed by atoms with van der Waals surface area (Å²) in [5.41, 5.74) is 0.929. The molecule has 6 nitrogen and oxygen atoms in total. The molecule has 0 aliphatic heterocycles. The Bertz CT molecular complexity index is 737. The third-order valence-electron chi connectivity index (χ3n) is 2.35. The normalized spacial score (nSPS) is 9.52. The minimum atomic E-state index is 0.320. The van der Waals surface area contributed by atoms with Gasteiger partial charge in [-0.05, 0) is 12.0 Å². The highest BCUT2D eigenvalue weighted by molar-refractivity contribution is 8.68. The Balaban J connectivity index is 2.10. The standard InChI is InChI=1S/C13H11N6S2/c1-9(2)11-3-4-14-13(19-11)8-18-17-7-12-15-5-10(21-20)6-16-12/h3-6,9H,1-2H3/q+1/p+1. The fourth-order valence-corrected chi connectivity index (χ4v) is 1.79. The van der Waals surface area contributed by atoms with E-state index in [9.17, 15) is 0 Å². The highest BCUT2D eigenvalue weighted by Crippen LogP contribution is 2.18. The van der Waals surface area contributed by atoms with Crippen LogP contribution in [0.5, 0.6) is 0 Å². The maximum atomic E-state index is 4.29. The molecule has 21 heavy (non-hydrogen) atoms. The minimum absolute atomic E-state index is 0.320. The van der Waals surface area contributed by atoms with Crippen LogP contribution in [0.2, 0.25) is 0 Å². The second-order valence-corrected chi connectivity index (χ2v) is 5.42. The maximum absolute atomic E-state index is 4.29. The molecular weight excluding hydrogens is 304 g/mol. The Morgan fingerprint density at radius 1 is 1.10 bits per heavy atom. The lowest BCUT2D eigenvalue weighted by molar-refractivity contribution is 0.810. The van der Waals surface area contributed by atoms with Crippen LogP contribution in [0.15, 0.2) is 29.6 Å². The summed E-state index contributed by atoms with van der Waals surface area (Å²) in [5.74, 6) is 1.04. The number of aromatic nitrogens is 4. The monoisotopic (exact) mass is 316 g/mol. The van der Waals surface area contributed by atoms with Crippen molar-refractivity contribution in [2.24, 2.45) is 0 Å². The van der Waals surface area contributed by atoms with Crippen LogP contribution in [0.25, 0.3) is 9.91 Å². The fourth-order valence-electron chi connectivity index (χ4n) is 1.31. The molecule has 0 aromatic carbocycles. The first-order chi connectivity index (χ1) is 10.2. The van der Waals surface area contributed by atoms with Crippen molar-refractivity contribution in [1.82, 2.24) is 19.9 Å². The van der Waals surface area contributed by atoms with E-state index in [1.165, 1.54) is 10.8 Å². The van der Waals surface area contributed by atoms with Crippen LogP contribution in [-0.2, 0) is 0 Å². The summed E-state index contributed by atoms with van der Waals surface area (Å²) in [4.78, 5) is 24.7. The first-order valence-electron chi connectivity index (χ1n) is 6.07. The van der Waals surface area contributed by atoms with Crippen molar-refractivity contribution in [3.05, 3.63) is 51.9 Å². The quantitative estimate of drug-likeness (QED) is 0.523. The molecule has 0 bridgehead atoms. The van der Waals surface area contributed by atoms with Crippen molar-refractivity contribution in [2.75, 3.05) is 0 Å². The molecule has 2 aromatic heterocycles. The molecule has 0 amide bonds. The topological polar surface area (TPSA) is 60.3 Å². The number of hydrogen-bond acceptors (Lipinski definition) is 6. The lowest BCUT2D eigenvalue weighted by atomic mass is 10.1. The van der Waals surface area contributed by atoms with E-state index < -0.39 is 0 Å². The number of hydrogen-bond donors (Lipinski definition) is 1. The van der Waals surface area contributed by atoms with E-state index >= 15 is 0 Å². The van der Waals surface area contributed by atoms with Crippen LogP contribution >= 0.6 is 22.5 Å². The molecule has 0 unspecified atom stereocenters. The molecule has 0 N–H and O–H groups in total. The first-order valence-corrected chi connectivity index (χ1v) is 7.94. The second-order valence-electron chi connectivity index (χ2n) is 4.22. The molecule has 0 aliphatic rings. The van der Waals surface area contributed by atoms with Crippen LogP contribution < -0.4 is 0 Å². The second kappa shape index (κ2) is 7.58. The lowest BCUT2D eigenvalue weighted by Crippen LogP contribution is -1.96. The van der Waals surface area contributed by atoms with E-state index in [0.717, 1.165) is 10.6 Å². The largest absolute Gasteiger partial charge is 0.470 e. The van der Waals surface area contributed by atoms with Gasteiger partial charge >= 0.3 is 22.0 Å². The molecule has 0 saturated heterocycles. The number of nitrogens with zero attached hydrogens (tertiary/aromatic N) is 6. The van der Waals surface area contributed by atoms with Crippen LogP contribution in [0.1, 0.15) is 37.1 Å². The molecule has 2 aromatic rings. The van der Waals surface area contributed by atoms with Gasteiger partial charge in [-0.15, -0.1) is 11.7 Å². The minimum Gasteiger partial charge on any atom is -0.223 e. The summed E-state index contributed by atoms with van der Waals surface area (Å²) in [6, 6.07) is 7.08. The maximum Gasteiger partial charge on any atom is 0.470 e. The molecule has 0 spiro atoms. The average Bonchev–Trinajstić information content (AvgIpc) is 2.52. The highest BCUT2D eigenvalue weighted by Gasteiger charge is 2.09. The van der Waals surface area contributed by atoms with Gasteiger partial charge in [0.2, 0.25) is 0 Å². The Labute approximate surface area is 131 Å². The molecule has 0 saturated carbocycles. The molecule has 2 rings (SSSR count). The van der Waals surface area contributed by atoms with Gasteiger partial charge in [0.05, 0.1) is 4.90 Å². The van der Waals surface area contributed by atoms with Gasteiger partial charge in [-0.1, -0.05) is 24.6 Å². The smallest absolute Gasteiger partial charge is 0.223 e. The van der Waals surface area contributed by atoms with Gasteiger partial charge in [-0.3, -0.25) is 0 Å². The van der Waals surface area contributed by atoms with E-state index in [-0.39, 0.29) is 0 Å². The van der Waals surface area contributed by atoms with Gasteiger partial charge in [0.1, 0.15) is 0 Å². The molecule has 8 heteroatoms. The van der Waals surface area contributed by atoms with Gasteiger partial charge in [0.15, 0.2) is 0 Å². The van der Waals surface area contributed by atoms with Crippen molar-refractivity contribution >= 4 is 22.5 Å². The van der Waals surface area contributed by atoms with E-state index in [1.807, 2.05) is 6.07 Å². The van der Waals surface area contributed by atoms with E-state index in [2.05, 4.69) is 67.5 Å². The summed E-state index contributed by atoms with van der Waals surface area (Å²) in [7, 11) is 1.27. The van der Waals surface area contributed by atoms with Crippen molar-refractivity contribution in [2.45, 2.75) is 24.7 Å². The van der Waals surface area contributed by atoms with Crippen molar-refractivity contribution in [3.8, 4) is 12.1 Å². The highest BCUT2D eigenvalue weighted by atomic mass is 33.1. The predicted molar refractivity (Wildman–Crippen MR) is 85.7 cm³/mol. The molecular formula is C13H12N6S2+2.